The fourth-order valence-electron chi connectivity index (χ4n) is 2.60. The zero-order valence-electron chi connectivity index (χ0n) is 13.1. The van der Waals surface area contributed by atoms with Gasteiger partial charge in [0, 0.05) is 12.5 Å². The molecule has 2 atom stereocenters. The molecule has 0 bridgehead atoms. The molecular formula is C15H20N2O4S. The maximum Gasteiger partial charge on any atom is 0.340 e. The van der Waals surface area contributed by atoms with E-state index in [1.165, 1.54) is 18.4 Å². The number of hydrogen-bond donors (Lipinski definition) is 2. The predicted octanol–water partition coefficient (Wildman–Crippen LogP) is 1.88. The van der Waals surface area contributed by atoms with Crippen LogP contribution in [0.15, 0.2) is 11.4 Å². The van der Waals surface area contributed by atoms with Crippen LogP contribution in [0, 0.1) is 17.3 Å². The molecule has 0 aliphatic carbocycles. The van der Waals surface area contributed by atoms with Gasteiger partial charge in [0.25, 0.3) is 0 Å². The maximum absolute atomic E-state index is 12.5. The summed E-state index contributed by atoms with van der Waals surface area (Å²) < 4.78 is 4.68. The zero-order valence-corrected chi connectivity index (χ0v) is 13.9. The molecule has 2 N–H and O–H groups in total. The molecule has 1 aromatic rings. The van der Waals surface area contributed by atoms with Crippen molar-refractivity contribution in [2.75, 3.05) is 19.0 Å². The fraction of sp³-hybridized carbons (Fsp3) is 0.533. The summed E-state index contributed by atoms with van der Waals surface area (Å²) in [6, 6.07) is 1.59. The van der Waals surface area contributed by atoms with E-state index in [-0.39, 0.29) is 23.1 Å². The minimum atomic E-state index is -0.757. The second-order valence-corrected chi connectivity index (χ2v) is 7.26. The van der Waals surface area contributed by atoms with Crippen molar-refractivity contribution in [2.24, 2.45) is 17.3 Å². The number of methoxy groups -OCH3 is 1. The van der Waals surface area contributed by atoms with Gasteiger partial charge in [0.05, 0.1) is 12.7 Å². The summed E-state index contributed by atoms with van der Waals surface area (Å²) in [4.78, 5) is 36.2. The molecule has 7 heteroatoms. The Balaban J connectivity index is 2.20. The highest BCUT2D eigenvalue weighted by Gasteiger charge is 2.45. The van der Waals surface area contributed by atoms with E-state index in [9.17, 15) is 14.4 Å². The highest BCUT2D eigenvalue weighted by Crippen LogP contribution is 2.36. The summed E-state index contributed by atoms with van der Waals surface area (Å²) in [5.74, 6) is -2.02. The molecule has 1 aromatic heterocycles. The van der Waals surface area contributed by atoms with Crippen molar-refractivity contribution in [3.05, 3.63) is 17.0 Å². The fourth-order valence-corrected chi connectivity index (χ4v) is 3.37. The Morgan fingerprint density at radius 3 is 2.68 bits per heavy atom. The highest BCUT2D eigenvalue weighted by atomic mass is 32.1. The second kappa shape index (κ2) is 6.08. The molecule has 2 heterocycles. The molecule has 0 unspecified atom stereocenters. The summed E-state index contributed by atoms with van der Waals surface area (Å²) in [6.07, 6.45) is 0. The number of carbonyl (C=O) groups is 3. The number of thiophene rings is 1. The molecule has 0 spiro atoms. The van der Waals surface area contributed by atoms with Gasteiger partial charge in [0.15, 0.2) is 0 Å². The number of rotatable bonds is 3. The van der Waals surface area contributed by atoms with Gasteiger partial charge in [0.1, 0.15) is 10.9 Å². The van der Waals surface area contributed by atoms with Crippen LogP contribution in [0.3, 0.4) is 0 Å². The lowest BCUT2D eigenvalue weighted by Crippen LogP contribution is -2.37. The first-order valence-electron chi connectivity index (χ1n) is 7.00. The SMILES string of the molecule is COC(=O)c1ccsc1NC(=O)[C@H]1C(=O)NC[C@@H]1C(C)(C)C. The van der Waals surface area contributed by atoms with Crippen LogP contribution in [0.4, 0.5) is 5.00 Å². The Bertz CT molecular complexity index is 603. The van der Waals surface area contributed by atoms with Gasteiger partial charge < -0.3 is 15.4 Å². The normalized spacial score (nSPS) is 21.4. The van der Waals surface area contributed by atoms with Gasteiger partial charge in [-0.25, -0.2) is 4.79 Å². The summed E-state index contributed by atoms with van der Waals surface area (Å²) >= 11 is 1.23. The smallest absolute Gasteiger partial charge is 0.340 e. The summed E-state index contributed by atoms with van der Waals surface area (Å²) in [7, 11) is 1.28. The van der Waals surface area contributed by atoms with Gasteiger partial charge >= 0.3 is 5.97 Å². The standard InChI is InChI=1S/C15H20N2O4S/c1-15(2,3)9-7-16-11(18)10(9)12(19)17-13-8(5-6-22-13)14(20)21-4/h5-6,9-10H,7H2,1-4H3,(H,16,18)(H,17,19)/t9-,10+/m0/s1. The third-order valence-corrected chi connectivity index (χ3v) is 4.71. The van der Waals surface area contributed by atoms with E-state index < -0.39 is 11.9 Å². The molecular weight excluding hydrogens is 304 g/mol. The molecule has 22 heavy (non-hydrogen) atoms. The number of ether oxygens (including phenoxy) is 1. The first kappa shape index (κ1) is 16.5. The van der Waals surface area contributed by atoms with Crippen LogP contribution in [0.5, 0.6) is 0 Å². The van der Waals surface area contributed by atoms with Crippen LogP contribution >= 0.6 is 11.3 Å². The van der Waals surface area contributed by atoms with E-state index in [1.54, 1.807) is 11.4 Å². The van der Waals surface area contributed by atoms with Gasteiger partial charge in [-0.15, -0.1) is 11.3 Å². The quantitative estimate of drug-likeness (QED) is 0.657. The van der Waals surface area contributed by atoms with Crippen LogP contribution < -0.4 is 10.6 Å². The van der Waals surface area contributed by atoms with Gasteiger partial charge in [-0.05, 0) is 16.9 Å². The van der Waals surface area contributed by atoms with E-state index in [0.717, 1.165) is 0 Å². The molecule has 120 valence electrons. The Kier molecular flexibility index (Phi) is 4.55. The molecule has 1 aliphatic heterocycles. The van der Waals surface area contributed by atoms with E-state index in [4.69, 9.17) is 0 Å². The molecule has 1 aliphatic rings. The minimum Gasteiger partial charge on any atom is -0.465 e. The minimum absolute atomic E-state index is 0.0958. The van der Waals surface area contributed by atoms with Crippen molar-refractivity contribution in [3.8, 4) is 0 Å². The Hall–Kier alpha value is -1.89. The van der Waals surface area contributed by atoms with Crippen LogP contribution in [0.25, 0.3) is 0 Å². The summed E-state index contributed by atoms with van der Waals surface area (Å²) in [5, 5.41) is 7.54. The first-order valence-corrected chi connectivity index (χ1v) is 7.88. The van der Waals surface area contributed by atoms with Crippen LogP contribution in [-0.2, 0) is 14.3 Å². The van der Waals surface area contributed by atoms with E-state index in [0.29, 0.717) is 17.1 Å². The molecule has 2 rings (SSSR count). The molecule has 0 radical (unpaired) electrons. The molecule has 0 aromatic carbocycles. The second-order valence-electron chi connectivity index (χ2n) is 6.34. The zero-order chi connectivity index (χ0) is 16.5. The average molecular weight is 324 g/mol. The molecule has 1 saturated heterocycles. The van der Waals surface area contributed by atoms with Gasteiger partial charge in [-0.2, -0.15) is 0 Å². The maximum atomic E-state index is 12.5. The van der Waals surface area contributed by atoms with Crippen molar-refractivity contribution in [3.63, 3.8) is 0 Å². The number of hydrogen-bond acceptors (Lipinski definition) is 5. The average Bonchev–Trinajstić information content (AvgIpc) is 3.03. The Morgan fingerprint density at radius 2 is 2.09 bits per heavy atom. The van der Waals surface area contributed by atoms with Gasteiger partial charge in [-0.1, -0.05) is 20.8 Å². The third kappa shape index (κ3) is 3.14. The Labute approximate surface area is 133 Å². The largest absolute Gasteiger partial charge is 0.465 e. The first-order chi connectivity index (χ1) is 10.3. The molecule has 1 fully saturated rings. The van der Waals surface area contributed by atoms with Crippen molar-refractivity contribution < 1.29 is 19.1 Å². The predicted molar refractivity (Wildman–Crippen MR) is 83.7 cm³/mol. The van der Waals surface area contributed by atoms with Crippen molar-refractivity contribution in [2.45, 2.75) is 20.8 Å². The number of nitrogens with one attached hydrogen (secondary N) is 2. The lowest BCUT2D eigenvalue weighted by atomic mass is 9.74. The monoisotopic (exact) mass is 324 g/mol. The topological polar surface area (TPSA) is 84.5 Å². The number of anilines is 1. The third-order valence-electron chi connectivity index (χ3n) is 3.88. The van der Waals surface area contributed by atoms with Crippen LogP contribution in [0.2, 0.25) is 0 Å². The van der Waals surface area contributed by atoms with Crippen LogP contribution in [-0.4, -0.2) is 31.4 Å². The van der Waals surface area contributed by atoms with Crippen molar-refractivity contribution in [1.29, 1.82) is 0 Å². The number of amides is 2. The lowest BCUT2D eigenvalue weighted by molar-refractivity contribution is -0.132. The van der Waals surface area contributed by atoms with Crippen molar-refractivity contribution in [1.82, 2.24) is 5.32 Å². The lowest BCUT2D eigenvalue weighted by Gasteiger charge is -2.29. The molecule has 6 nitrogen and oxygen atoms in total. The summed E-state index contributed by atoms with van der Waals surface area (Å²) in [6.45, 7) is 6.49. The Morgan fingerprint density at radius 1 is 1.41 bits per heavy atom. The number of esters is 1. The molecule has 2 amide bonds. The van der Waals surface area contributed by atoms with E-state index in [2.05, 4.69) is 15.4 Å². The van der Waals surface area contributed by atoms with Crippen LogP contribution in [0.1, 0.15) is 31.1 Å². The van der Waals surface area contributed by atoms with Crippen molar-refractivity contribution >= 4 is 34.1 Å². The summed E-state index contributed by atoms with van der Waals surface area (Å²) in [5.41, 5.74) is 0.119. The van der Waals surface area contributed by atoms with E-state index >= 15 is 0 Å². The van der Waals surface area contributed by atoms with E-state index in [1.807, 2.05) is 20.8 Å². The highest BCUT2D eigenvalue weighted by molar-refractivity contribution is 7.14. The molecule has 0 saturated carbocycles. The number of carbonyl (C=O) groups excluding carboxylic acids is 3. The van der Waals surface area contributed by atoms with Gasteiger partial charge in [-0.3, -0.25) is 9.59 Å². The van der Waals surface area contributed by atoms with Gasteiger partial charge in [0.2, 0.25) is 11.8 Å².